The van der Waals surface area contributed by atoms with Gasteiger partial charge < -0.3 is 18.9 Å². The first kappa shape index (κ1) is 21.0. The summed E-state index contributed by atoms with van der Waals surface area (Å²) >= 11 is 0. The lowest BCUT2D eigenvalue weighted by atomic mass is 10.1. The zero-order chi connectivity index (χ0) is 22.0. The Kier molecular flexibility index (Phi) is 5.86. The first-order valence-corrected chi connectivity index (χ1v) is 9.34. The summed E-state index contributed by atoms with van der Waals surface area (Å²) in [7, 11) is 0. The molecule has 0 unspecified atom stereocenters. The van der Waals surface area contributed by atoms with Gasteiger partial charge in [-0.25, -0.2) is 9.59 Å². The maximum absolute atomic E-state index is 12.5. The molecule has 30 heavy (non-hydrogen) atoms. The van der Waals surface area contributed by atoms with E-state index in [9.17, 15) is 19.2 Å². The molecule has 0 spiro atoms. The van der Waals surface area contributed by atoms with E-state index >= 15 is 0 Å². The van der Waals surface area contributed by atoms with Gasteiger partial charge >= 0.3 is 11.9 Å². The molecule has 0 atom stereocenters. The molecular formula is C22H21NO7. The molecule has 2 aromatic heterocycles. The van der Waals surface area contributed by atoms with Crippen molar-refractivity contribution in [3.05, 3.63) is 68.3 Å². The molecule has 0 saturated carbocycles. The highest BCUT2D eigenvalue weighted by Crippen LogP contribution is 2.20. The normalized spacial score (nSPS) is 10.8. The van der Waals surface area contributed by atoms with Crippen LogP contribution in [0.5, 0.6) is 0 Å². The van der Waals surface area contributed by atoms with Crippen molar-refractivity contribution in [2.24, 2.45) is 0 Å². The second kappa shape index (κ2) is 8.36. The number of esters is 2. The van der Waals surface area contributed by atoms with Crippen LogP contribution < -0.4 is 5.43 Å². The van der Waals surface area contributed by atoms with Gasteiger partial charge in [-0.05, 0) is 45.4 Å². The van der Waals surface area contributed by atoms with Gasteiger partial charge in [-0.3, -0.25) is 9.59 Å². The van der Waals surface area contributed by atoms with Gasteiger partial charge in [0.25, 0.3) is 0 Å². The van der Waals surface area contributed by atoms with Gasteiger partial charge in [-0.1, -0.05) is 11.6 Å². The average Bonchev–Trinajstić information content (AvgIpc) is 3.00. The monoisotopic (exact) mass is 411 g/mol. The molecule has 0 saturated heterocycles. The van der Waals surface area contributed by atoms with Crippen molar-refractivity contribution >= 4 is 28.7 Å². The largest absolute Gasteiger partial charge is 0.462 e. The molecule has 8 heteroatoms. The van der Waals surface area contributed by atoms with E-state index < -0.39 is 24.3 Å². The number of ketones is 1. The van der Waals surface area contributed by atoms with Crippen LogP contribution >= 0.6 is 0 Å². The molecule has 0 amide bonds. The third-order valence-corrected chi connectivity index (χ3v) is 4.61. The number of carbonyl (C=O) groups is 3. The molecule has 0 bridgehead atoms. The Balaban J connectivity index is 1.77. The summed E-state index contributed by atoms with van der Waals surface area (Å²) in [6.07, 6.45) is 0. The highest BCUT2D eigenvalue weighted by molar-refractivity contribution is 6.03. The number of hydrogen-bond donors (Lipinski definition) is 1. The van der Waals surface area contributed by atoms with Crippen LogP contribution in [0.25, 0.3) is 11.0 Å². The standard InChI is InChI=1S/C22H21NO7/c1-5-28-22(27)19-12(3)20(23-13(19)4)16(25)10-29-21(26)18-9-15(24)14-8-11(2)6-7-17(14)30-18/h6-9,23H,5,10H2,1-4H3. The van der Waals surface area contributed by atoms with E-state index in [1.807, 2.05) is 6.92 Å². The summed E-state index contributed by atoms with van der Waals surface area (Å²) in [5.41, 5.74) is 2.08. The first-order valence-electron chi connectivity index (χ1n) is 9.34. The van der Waals surface area contributed by atoms with Crippen molar-refractivity contribution in [2.75, 3.05) is 13.2 Å². The Hall–Kier alpha value is -3.68. The second-order valence-electron chi connectivity index (χ2n) is 6.82. The number of rotatable bonds is 6. The van der Waals surface area contributed by atoms with Gasteiger partial charge in [0.2, 0.25) is 11.5 Å². The van der Waals surface area contributed by atoms with E-state index in [2.05, 4.69) is 4.98 Å². The molecule has 3 aromatic rings. The van der Waals surface area contributed by atoms with Gasteiger partial charge in [0.15, 0.2) is 12.0 Å². The van der Waals surface area contributed by atoms with Crippen LogP contribution in [0.15, 0.2) is 33.5 Å². The number of nitrogens with one attached hydrogen (secondary N) is 1. The number of benzene rings is 1. The van der Waals surface area contributed by atoms with Gasteiger partial charge in [-0.2, -0.15) is 0 Å². The number of hydrogen-bond acceptors (Lipinski definition) is 7. The Bertz CT molecular complexity index is 1220. The molecule has 1 aromatic carbocycles. The van der Waals surface area contributed by atoms with Gasteiger partial charge in [0, 0.05) is 11.8 Å². The van der Waals surface area contributed by atoms with Crippen LogP contribution in [0.4, 0.5) is 0 Å². The molecule has 0 aliphatic carbocycles. The predicted molar refractivity (Wildman–Crippen MR) is 108 cm³/mol. The van der Waals surface area contributed by atoms with E-state index in [4.69, 9.17) is 13.9 Å². The maximum atomic E-state index is 12.5. The molecular weight excluding hydrogens is 390 g/mol. The Morgan fingerprint density at radius 2 is 1.77 bits per heavy atom. The van der Waals surface area contributed by atoms with Crippen LogP contribution in [-0.2, 0) is 9.47 Å². The molecule has 3 rings (SSSR count). The lowest BCUT2D eigenvalue weighted by Crippen LogP contribution is -2.17. The minimum atomic E-state index is -0.936. The van der Waals surface area contributed by atoms with E-state index in [-0.39, 0.29) is 34.6 Å². The molecule has 0 aliphatic rings. The summed E-state index contributed by atoms with van der Waals surface area (Å²) < 4.78 is 15.5. The number of aromatic nitrogens is 1. The van der Waals surface area contributed by atoms with Gasteiger partial charge in [-0.15, -0.1) is 0 Å². The van der Waals surface area contributed by atoms with E-state index in [1.54, 1.807) is 39.0 Å². The number of H-pyrrole nitrogens is 1. The molecule has 156 valence electrons. The molecule has 0 fully saturated rings. The number of carbonyl (C=O) groups excluding carboxylic acids is 3. The Labute approximate surface area is 171 Å². The van der Waals surface area contributed by atoms with Crippen molar-refractivity contribution in [3.63, 3.8) is 0 Å². The van der Waals surface area contributed by atoms with Crippen LogP contribution in [0, 0.1) is 20.8 Å². The molecule has 2 heterocycles. The zero-order valence-electron chi connectivity index (χ0n) is 17.1. The van der Waals surface area contributed by atoms with E-state index in [0.717, 1.165) is 11.6 Å². The molecule has 0 radical (unpaired) electrons. The Morgan fingerprint density at radius 3 is 2.47 bits per heavy atom. The van der Waals surface area contributed by atoms with Crippen LogP contribution in [-0.4, -0.2) is 35.9 Å². The van der Waals surface area contributed by atoms with Crippen LogP contribution in [0.3, 0.4) is 0 Å². The van der Waals surface area contributed by atoms with Crippen molar-refractivity contribution in [1.29, 1.82) is 0 Å². The molecule has 1 N–H and O–H groups in total. The highest BCUT2D eigenvalue weighted by atomic mass is 16.5. The summed E-state index contributed by atoms with van der Waals surface area (Å²) in [4.78, 5) is 51.9. The Morgan fingerprint density at radius 1 is 1.03 bits per heavy atom. The SMILES string of the molecule is CCOC(=O)c1c(C)[nH]c(C(=O)COC(=O)c2cc(=O)c3cc(C)ccc3o2)c1C. The fourth-order valence-electron chi connectivity index (χ4n) is 3.18. The molecule has 0 aliphatic heterocycles. The fourth-order valence-corrected chi connectivity index (χ4v) is 3.18. The predicted octanol–water partition coefficient (Wildman–Crippen LogP) is 3.26. The third-order valence-electron chi connectivity index (χ3n) is 4.61. The second-order valence-corrected chi connectivity index (χ2v) is 6.82. The lowest BCUT2D eigenvalue weighted by molar-refractivity contribution is 0.0442. The quantitative estimate of drug-likeness (QED) is 0.489. The van der Waals surface area contributed by atoms with E-state index in [0.29, 0.717) is 16.6 Å². The number of aryl methyl sites for hydroxylation is 2. The first-order chi connectivity index (χ1) is 14.2. The summed E-state index contributed by atoms with van der Waals surface area (Å²) in [5.74, 6) is -2.29. The van der Waals surface area contributed by atoms with Gasteiger partial charge in [0.05, 0.1) is 23.3 Å². The number of fused-ring (bicyclic) bond motifs is 1. The van der Waals surface area contributed by atoms with Gasteiger partial charge in [0.1, 0.15) is 5.58 Å². The topological polar surface area (TPSA) is 116 Å². The fraction of sp³-hybridized carbons (Fsp3) is 0.273. The summed E-state index contributed by atoms with van der Waals surface area (Å²) in [5, 5.41) is 0.353. The minimum Gasteiger partial charge on any atom is -0.462 e. The van der Waals surface area contributed by atoms with Crippen molar-refractivity contribution in [3.8, 4) is 0 Å². The summed E-state index contributed by atoms with van der Waals surface area (Å²) in [6.45, 7) is 6.40. The van der Waals surface area contributed by atoms with Crippen LogP contribution in [0.1, 0.15) is 55.1 Å². The number of Topliss-reactive ketones (excluding diaryl/α,β-unsaturated/α-hetero) is 1. The van der Waals surface area contributed by atoms with Crippen LogP contribution in [0.2, 0.25) is 0 Å². The van der Waals surface area contributed by atoms with Crippen molar-refractivity contribution in [2.45, 2.75) is 27.7 Å². The highest BCUT2D eigenvalue weighted by Gasteiger charge is 2.24. The molecule has 8 nitrogen and oxygen atoms in total. The maximum Gasteiger partial charge on any atom is 0.374 e. The smallest absolute Gasteiger partial charge is 0.374 e. The summed E-state index contributed by atoms with van der Waals surface area (Å²) in [6, 6.07) is 6.05. The lowest BCUT2D eigenvalue weighted by Gasteiger charge is -2.05. The minimum absolute atomic E-state index is 0.152. The van der Waals surface area contributed by atoms with Crippen molar-refractivity contribution < 1.29 is 28.3 Å². The number of ether oxygens (including phenoxy) is 2. The van der Waals surface area contributed by atoms with E-state index in [1.165, 1.54) is 0 Å². The average molecular weight is 411 g/mol. The zero-order valence-corrected chi connectivity index (χ0v) is 17.1. The van der Waals surface area contributed by atoms with Crippen molar-refractivity contribution in [1.82, 2.24) is 4.98 Å². The number of aromatic amines is 1. The third kappa shape index (κ3) is 4.03.